The standard InChI is InChI=1S/C12H20BrN3/c1-4-10-5-6-16(7-10)8-11-12(13)9(2)14-15(11)3/h10H,4-8H2,1-3H3. The molecule has 2 rings (SSSR count). The van der Waals surface area contributed by atoms with Crippen molar-refractivity contribution in [3.05, 3.63) is 15.9 Å². The molecule has 0 spiro atoms. The maximum Gasteiger partial charge on any atom is 0.0739 e. The van der Waals surface area contributed by atoms with Crippen LogP contribution in [-0.2, 0) is 13.6 Å². The normalized spacial score (nSPS) is 21.9. The van der Waals surface area contributed by atoms with Crippen molar-refractivity contribution in [2.24, 2.45) is 13.0 Å². The van der Waals surface area contributed by atoms with E-state index in [4.69, 9.17) is 0 Å². The van der Waals surface area contributed by atoms with Gasteiger partial charge >= 0.3 is 0 Å². The van der Waals surface area contributed by atoms with Gasteiger partial charge in [0.15, 0.2) is 0 Å². The summed E-state index contributed by atoms with van der Waals surface area (Å²) in [6.07, 6.45) is 2.66. The topological polar surface area (TPSA) is 21.1 Å². The molecule has 16 heavy (non-hydrogen) atoms. The van der Waals surface area contributed by atoms with Gasteiger partial charge in [0.1, 0.15) is 0 Å². The van der Waals surface area contributed by atoms with Crippen LogP contribution in [0.2, 0.25) is 0 Å². The van der Waals surface area contributed by atoms with Crippen LogP contribution >= 0.6 is 15.9 Å². The Morgan fingerprint density at radius 1 is 1.50 bits per heavy atom. The van der Waals surface area contributed by atoms with Gasteiger partial charge in [-0.05, 0) is 41.7 Å². The highest BCUT2D eigenvalue weighted by Crippen LogP contribution is 2.25. The Morgan fingerprint density at radius 2 is 2.25 bits per heavy atom. The summed E-state index contributed by atoms with van der Waals surface area (Å²) in [7, 11) is 2.03. The lowest BCUT2D eigenvalue weighted by Crippen LogP contribution is -2.21. The zero-order valence-electron chi connectivity index (χ0n) is 10.3. The number of aryl methyl sites for hydroxylation is 2. The van der Waals surface area contributed by atoms with Gasteiger partial charge in [0.2, 0.25) is 0 Å². The molecule has 0 radical (unpaired) electrons. The predicted molar refractivity (Wildman–Crippen MR) is 69.3 cm³/mol. The molecule has 2 heterocycles. The van der Waals surface area contributed by atoms with E-state index in [2.05, 4.69) is 32.9 Å². The van der Waals surface area contributed by atoms with Crippen LogP contribution in [0.5, 0.6) is 0 Å². The van der Waals surface area contributed by atoms with Crippen molar-refractivity contribution < 1.29 is 0 Å². The lowest BCUT2D eigenvalue weighted by atomic mass is 10.1. The third-order valence-electron chi connectivity index (χ3n) is 3.58. The minimum atomic E-state index is 0.896. The molecule has 90 valence electrons. The molecule has 1 fully saturated rings. The fraction of sp³-hybridized carbons (Fsp3) is 0.750. The first-order valence-electron chi connectivity index (χ1n) is 6.02. The first kappa shape index (κ1) is 12.1. The van der Waals surface area contributed by atoms with E-state index in [-0.39, 0.29) is 0 Å². The number of aromatic nitrogens is 2. The average molecular weight is 286 g/mol. The quantitative estimate of drug-likeness (QED) is 0.852. The zero-order valence-corrected chi connectivity index (χ0v) is 11.9. The fourth-order valence-corrected chi connectivity index (χ4v) is 2.91. The van der Waals surface area contributed by atoms with E-state index in [0.29, 0.717) is 0 Å². The van der Waals surface area contributed by atoms with E-state index in [9.17, 15) is 0 Å². The van der Waals surface area contributed by atoms with Crippen LogP contribution in [0.15, 0.2) is 4.47 Å². The van der Waals surface area contributed by atoms with Gasteiger partial charge in [0.05, 0.1) is 15.9 Å². The molecule has 1 unspecified atom stereocenters. The number of rotatable bonds is 3. The third-order valence-corrected chi connectivity index (χ3v) is 4.61. The highest BCUT2D eigenvalue weighted by atomic mass is 79.9. The second-order valence-corrected chi connectivity index (χ2v) is 5.56. The largest absolute Gasteiger partial charge is 0.297 e. The Balaban J connectivity index is 2.04. The highest BCUT2D eigenvalue weighted by Gasteiger charge is 2.23. The Labute approximate surface area is 106 Å². The minimum absolute atomic E-state index is 0.896. The molecule has 0 bridgehead atoms. The summed E-state index contributed by atoms with van der Waals surface area (Å²) >= 11 is 3.63. The lowest BCUT2D eigenvalue weighted by molar-refractivity contribution is 0.305. The van der Waals surface area contributed by atoms with Crippen LogP contribution in [0.3, 0.4) is 0 Å². The second kappa shape index (κ2) is 4.88. The molecule has 4 heteroatoms. The molecule has 1 atom stereocenters. The number of halogens is 1. The van der Waals surface area contributed by atoms with Gasteiger partial charge in [-0.25, -0.2) is 0 Å². The summed E-state index contributed by atoms with van der Waals surface area (Å²) in [5.41, 5.74) is 2.39. The summed E-state index contributed by atoms with van der Waals surface area (Å²) in [6.45, 7) is 7.83. The molecule has 1 saturated heterocycles. The Bertz CT molecular complexity index is 373. The predicted octanol–water partition coefficient (Wildman–Crippen LogP) is 2.72. The van der Waals surface area contributed by atoms with Crippen molar-refractivity contribution in [3.63, 3.8) is 0 Å². The summed E-state index contributed by atoms with van der Waals surface area (Å²) in [5, 5.41) is 4.43. The first-order chi connectivity index (χ1) is 7.61. The van der Waals surface area contributed by atoms with E-state index in [1.165, 1.54) is 36.1 Å². The van der Waals surface area contributed by atoms with Crippen molar-refractivity contribution in [2.45, 2.75) is 33.2 Å². The molecule has 3 nitrogen and oxygen atoms in total. The van der Waals surface area contributed by atoms with Crippen LogP contribution in [0.4, 0.5) is 0 Å². The number of hydrogen-bond acceptors (Lipinski definition) is 2. The lowest BCUT2D eigenvalue weighted by Gasteiger charge is -2.16. The molecular formula is C12H20BrN3. The molecule has 1 aliphatic rings. The van der Waals surface area contributed by atoms with Crippen LogP contribution in [0.1, 0.15) is 31.2 Å². The molecule has 0 aromatic carbocycles. The van der Waals surface area contributed by atoms with E-state index < -0.39 is 0 Å². The minimum Gasteiger partial charge on any atom is -0.297 e. The molecule has 1 aromatic rings. The first-order valence-corrected chi connectivity index (χ1v) is 6.81. The van der Waals surface area contributed by atoms with Crippen molar-refractivity contribution in [1.82, 2.24) is 14.7 Å². The molecule has 0 aliphatic carbocycles. The molecule has 0 saturated carbocycles. The van der Waals surface area contributed by atoms with Gasteiger partial charge in [-0.2, -0.15) is 5.10 Å². The van der Waals surface area contributed by atoms with Crippen LogP contribution in [-0.4, -0.2) is 27.8 Å². The van der Waals surface area contributed by atoms with Crippen molar-refractivity contribution in [3.8, 4) is 0 Å². The smallest absolute Gasteiger partial charge is 0.0739 e. The Morgan fingerprint density at radius 3 is 2.75 bits per heavy atom. The number of nitrogens with zero attached hydrogens (tertiary/aromatic N) is 3. The highest BCUT2D eigenvalue weighted by molar-refractivity contribution is 9.10. The maximum atomic E-state index is 4.43. The van der Waals surface area contributed by atoms with Gasteiger partial charge in [-0.3, -0.25) is 9.58 Å². The molecule has 0 amide bonds. The van der Waals surface area contributed by atoms with Crippen LogP contribution in [0, 0.1) is 12.8 Å². The summed E-state index contributed by atoms with van der Waals surface area (Å²) < 4.78 is 3.17. The van der Waals surface area contributed by atoms with Crippen LogP contribution < -0.4 is 0 Å². The zero-order chi connectivity index (χ0) is 11.7. The average Bonchev–Trinajstić information content (AvgIpc) is 2.80. The van der Waals surface area contributed by atoms with Gasteiger partial charge in [0, 0.05) is 20.1 Å². The number of likely N-dealkylation sites (tertiary alicyclic amines) is 1. The third kappa shape index (κ3) is 2.33. The van der Waals surface area contributed by atoms with Crippen molar-refractivity contribution in [2.75, 3.05) is 13.1 Å². The summed E-state index contributed by atoms with van der Waals surface area (Å²) in [6, 6.07) is 0. The van der Waals surface area contributed by atoms with Gasteiger partial charge in [-0.15, -0.1) is 0 Å². The van der Waals surface area contributed by atoms with Gasteiger partial charge in [-0.1, -0.05) is 13.3 Å². The second-order valence-electron chi connectivity index (χ2n) is 4.77. The molecular weight excluding hydrogens is 266 g/mol. The van der Waals surface area contributed by atoms with Gasteiger partial charge in [0.25, 0.3) is 0 Å². The summed E-state index contributed by atoms with van der Waals surface area (Å²) in [4.78, 5) is 2.54. The van der Waals surface area contributed by atoms with Gasteiger partial charge < -0.3 is 0 Å². The molecule has 0 N–H and O–H groups in total. The fourth-order valence-electron chi connectivity index (χ4n) is 2.45. The monoisotopic (exact) mass is 285 g/mol. The number of hydrogen-bond donors (Lipinski definition) is 0. The van der Waals surface area contributed by atoms with Crippen molar-refractivity contribution >= 4 is 15.9 Å². The van der Waals surface area contributed by atoms with E-state index in [1.54, 1.807) is 0 Å². The Kier molecular flexibility index (Phi) is 3.70. The maximum absolute atomic E-state index is 4.43. The Hall–Kier alpha value is -0.350. The van der Waals surface area contributed by atoms with E-state index in [1.807, 2.05) is 18.7 Å². The van der Waals surface area contributed by atoms with Crippen molar-refractivity contribution in [1.29, 1.82) is 0 Å². The van der Waals surface area contributed by atoms with Crippen LogP contribution in [0.25, 0.3) is 0 Å². The SMILES string of the molecule is CCC1CCN(Cc2c(Br)c(C)nn2C)C1. The summed E-state index contributed by atoms with van der Waals surface area (Å²) in [5.74, 6) is 0.896. The van der Waals surface area contributed by atoms with E-state index >= 15 is 0 Å². The van der Waals surface area contributed by atoms with E-state index in [0.717, 1.165) is 18.2 Å². The molecule has 1 aromatic heterocycles. The molecule has 1 aliphatic heterocycles.